The Labute approximate surface area is 254 Å². The molecule has 2 N–H and O–H groups in total. The van der Waals surface area contributed by atoms with Crippen LogP contribution in [0.15, 0.2) is 78.9 Å². The van der Waals surface area contributed by atoms with Crippen LogP contribution in [0.25, 0.3) is 0 Å². The second-order valence-corrected chi connectivity index (χ2v) is 12.7. The molecule has 1 atom stereocenters. The predicted octanol–water partition coefficient (Wildman–Crippen LogP) is 5.51. The molecule has 4 aromatic carbocycles. The van der Waals surface area contributed by atoms with E-state index in [1.165, 1.54) is 54.6 Å². The lowest BCUT2D eigenvalue weighted by atomic mass is 9.75. The number of carbonyl (C=O) groups excluding carboxylic acids is 5. The summed E-state index contributed by atoms with van der Waals surface area (Å²) >= 11 is 0. The van der Waals surface area contributed by atoms with Crippen molar-refractivity contribution in [2.24, 2.45) is 0 Å². The third-order valence-corrected chi connectivity index (χ3v) is 9.43. The van der Waals surface area contributed by atoms with Gasteiger partial charge in [-0.2, -0.15) is 0 Å². The number of hydrogen-bond acceptors (Lipinski definition) is 6. The molecule has 7 rings (SSSR count). The molecule has 0 saturated carbocycles. The number of carbonyl (C=O) groups is 5. The van der Waals surface area contributed by atoms with Gasteiger partial charge in [0, 0.05) is 29.3 Å². The number of ketones is 1. The summed E-state index contributed by atoms with van der Waals surface area (Å²) in [4.78, 5) is 67.1. The summed E-state index contributed by atoms with van der Waals surface area (Å²) in [5.74, 6) is -2.30. The highest BCUT2D eigenvalue weighted by molar-refractivity contribution is 6.35. The second kappa shape index (κ2) is 9.07. The van der Waals surface area contributed by atoms with E-state index in [-0.39, 0.29) is 44.2 Å². The van der Waals surface area contributed by atoms with Crippen molar-refractivity contribution in [1.82, 2.24) is 4.90 Å². The molecule has 1 aliphatic carbocycles. The van der Waals surface area contributed by atoms with Crippen LogP contribution in [0.4, 0.5) is 11.4 Å². The van der Waals surface area contributed by atoms with Crippen LogP contribution >= 0.6 is 0 Å². The lowest BCUT2D eigenvalue weighted by molar-refractivity contribution is 0.0692. The van der Waals surface area contributed by atoms with Gasteiger partial charge in [0.25, 0.3) is 23.6 Å². The van der Waals surface area contributed by atoms with E-state index in [0.717, 1.165) is 27.5 Å². The Morgan fingerprint density at radius 1 is 0.659 bits per heavy atom. The number of anilines is 2. The smallest absolute Gasteiger partial charge is 0.266 e. The van der Waals surface area contributed by atoms with Gasteiger partial charge in [-0.05, 0) is 77.1 Å². The van der Waals surface area contributed by atoms with E-state index in [1.54, 1.807) is 12.1 Å². The van der Waals surface area contributed by atoms with Crippen LogP contribution < -0.4 is 10.6 Å². The molecule has 1 unspecified atom stereocenters. The molecule has 0 radical (unpaired) electrons. The van der Waals surface area contributed by atoms with Gasteiger partial charge in [-0.1, -0.05) is 51.1 Å². The molecule has 4 aromatic rings. The second-order valence-electron chi connectivity index (χ2n) is 12.7. The summed E-state index contributed by atoms with van der Waals surface area (Å²) < 4.78 is 0. The highest BCUT2D eigenvalue weighted by atomic mass is 16.2. The minimum Gasteiger partial charge on any atom is -0.399 e. The third-order valence-electron chi connectivity index (χ3n) is 9.43. The maximum Gasteiger partial charge on any atom is 0.266 e. The number of nitrogen functional groups attached to an aromatic ring is 1. The average Bonchev–Trinajstić information content (AvgIpc) is 3.48. The van der Waals surface area contributed by atoms with Gasteiger partial charge in [-0.3, -0.25) is 28.9 Å². The van der Waals surface area contributed by atoms with Crippen LogP contribution in [0.1, 0.15) is 101 Å². The molecule has 2 aliphatic heterocycles. The van der Waals surface area contributed by atoms with E-state index in [2.05, 4.69) is 32.9 Å². The molecule has 2 heterocycles. The zero-order valence-corrected chi connectivity index (χ0v) is 24.7. The molecule has 3 aliphatic rings. The predicted molar refractivity (Wildman–Crippen MR) is 165 cm³/mol. The molecule has 0 spiro atoms. The largest absolute Gasteiger partial charge is 0.399 e. The van der Waals surface area contributed by atoms with Gasteiger partial charge in [-0.15, -0.1) is 0 Å². The van der Waals surface area contributed by atoms with E-state index in [9.17, 15) is 24.0 Å². The summed E-state index contributed by atoms with van der Waals surface area (Å²) in [5.41, 5.74) is 11.6. The number of fused-ring (bicyclic) bond motifs is 3. The Hall–Kier alpha value is -5.37. The fourth-order valence-corrected chi connectivity index (χ4v) is 7.20. The molecular formula is C36H29N3O5. The van der Waals surface area contributed by atoms with Gasteiger partial charge >= 0.3 is 0 Å². The van der Waals surface area contributed by atoms with Crippen molar-refractivity contribution in [2.45, 2.75) is 38.0 Å². The fraction of sp³-hybridized carbons (Fsp3) is 0.194. The minimum absolute atomic E-state index is 0.0705. The number of nitrogens with two attached hydrogens (primary N) is 1. The fourth-order valence-electron chi connectivity index (χ4n) is 7.20. The van der Waals surface area contributed by atoms with Crippen molar-refractivity contribution in [3.05, 3.63) is 129 Å². The van der Waals surface area contributed by atoms with Crippen molar-refractivity contribution in [3.63, 3.8) is 0 Å². The molecule has 218 valence electrons. The Bertz CT molecular complexity index is 2010. The number of hydrogen-bond donors (Lipinski definition) is 1. The van der Waals surface area contributed by atoms with Crippen LogP contribution in [-0.2, 0) is 10.8 Å². The number of nitrogens with zero attached hydrogens (tertiary/aromatic N) is 2. The molecule has 8 heteroatoms. The molecule has 0 fully saturated rings. The normalized spacial score (nSPS) is 19.8. The summed E-state index contributed by atoms with van der Waals surface area (Å²) in [6.45, 7) is 6.64. The van der Waals surface area contributed by atoms with E-state index >= 15 is 0 Å². The number of benzene rings is 4. The average molecular weight is 584 g/mol. The summed E-state index contributed by atoms with van der Waals surface area (Å²) in [6.07, 6.45) is 0.882. The molecule has 44 heavy (non-hydrogen) atoms. The van der Waals surface area contributed by atoms with Crippen molar-refractivity contribution in [3.8, 4) is 0 Å². The quantitative estimate of drug-likeness (QED) is 0.192. The first-order chi connectivity index (χ1) is 20.8. The standard InChI is InChI=1S/C36H29N3O5/c1-35(2)18-36(3,28-14-9-22(37)17-29(28)35)21-7-10-23(11-8-21)39-33(43)25-13-6-20(16-27(25)34(39)44)30(40)19-5-12-24-26(15-19)32(42)38(4)31(24)41/h5-17H,18,37H2,1-4H3. The number of imide groups is 2. The maximum absolute atomic E-state index is 13.6. The monoisotopic (exact) mass is 583 g/mol. The highest BCUT2D eigenvalue weighted by Gasteiger charge is 2.46. The zero-order valence-electron chi connectivity index (χ0n) is 24.7. The Kier molecular flexibility index (Phi) is 5.66. The first-order valence-corrected chi connectivity index (χ1v) is 14.4. The Morgan fingerprint density at radius 2 is 1.20 bits per heavy atom. The van der Waals surface area contributed by atoms with Gasteiger partial charge < -0.3 is 5.73 Å². The van der Waals surface area contributed by atoms with Crippen LogP contribution in [0.5, 0.6) is 0 Å². The van der Waals surface area contributed by atoms with Gasteiger partial charge in [0.1, 0.15) is 0 Å². The zero-order chi connectivity index (χ0) is 31.3. The molecule has 0 aromatic heterocycles. The lowest BCUT2D eigenvalue weighted by Crippen LogP contribution is -2.29. The van der Waals surface area contributed by atoms with Gasteiger partial charge in [-0.25, -0.2) is 4.90 Å². The Morgan fingerprint density at radius 3 is 1.84 bits per heavy atom. The minimum atomic E-state index is -0.516. The van der Waals surface area contributed by atoms with Crippen LogP contribution in [0.3, 0.4) is 0 Å². The van der Waals surface area contributed by atoms with Crippen molar-refractivity contribution in [2.75, 3.05) is 17.7 Å². The SMILES string of the molecule is CN1C(=O)c2ccc(C(=O)c3ccc4c(c3)C(=O)N(c3ccc(C5(C)CC(C)(C)c6cc(N)ccc65)cc3)C4=O)cc2C1=O. The van der Waals surface area contributed by atoms with Crippen molar-refractivity contribution < 1.29 is 24.0 Å². The molecule has 0 bridgehead atoms. The third kappa shape index (κ3) is 3.73. The van der Waals surface area contributed by atoms with Gasteiger partial charge in [0.15, 0.2) is 5.78 Å². The lowest BCUT2D eigenvalue weighted by Gasteiger charge is -2.29. The first-order valence-electron chi connectivity index (χ1n) is 14.4. The van der Waals surface area contributed by atoms with Crippen molar-refractivity contribution in [1.29, 1.82) is 0 Å². The summed E-state index contributed by atoms with van der Waals surface area (Å²) in [6, 6.07) is 22.3. The number of rotatable bonds is 4. The maximum atomic E-state index is 13.6. The van der Waals surface area contributed by atoms with E-state index in [1.807, 2.05) is 18.2 Å². The van der Waals surface area contributed by atoms with E-state index in [4.69, 9.17) is 5.73 Å². The summed E-state index contributed by atoms with van der Waals surface area (Å²) in [5, 5.41) is 0. The van der Waals surface area contributed by atoms with Crippen LogP contribution in [-0.4, -0.2) is 41.4 Å². The molecule has 0 saturated heterocycles. The molecule has 8 nitrogen and oxygen atoms in total. The molecule has 4 amide bonds. The summed E-state index contributed by atoms with van der Waals surface area (Å²) in [7, 11) is 1.39. The topological polar surface area (TPSA) is 118 Å². The van der Waals surface area contributed by atoms with E-state index < -0.39 is 29.4 Å². The first kappa shape index (κ1) is 27.5. The Balaban J connectivity index is 1.17. The van der Waals surface area contributed by atoms with Gasteiger partial charge in [0.05, 0.1) is 27.9 Å². The highest BCUT2D eigenvalue weighted by Crippen LogP contribution is 2.53. The van der Waals surface area contributed by atoms with Crippen LogP contribution in [0.2, 0.25) is 0 Å². The van der Waals surface area contributed by atoms with E-state index in [0.29, 0.717) is 5.69 Å². The van der Waals surface area contributed by atoms with Crippen molar-refractivity contribution >= 4 is 40.8 Å². The van der Waals surface area contributed by atoms with Gasteiger partial charge in [0.2, 0.25) is 0 Å². The molecular weight excluding hydrogens is 554 g/mol. The van der Waals surface area contributed by atoms with Crippen LogP contribution in [0, 0.1) is 0 Å². The number of amides is 4.